The van der Waals surface area contributed by atoms with Gasteiger partial charge in [-0.25, -0.2) is 28.2 Å². The average Bonchev–Trinajstić information content (AvgIpc) is 3.56. The number of nitrogens with zero attached hydrogens (tertiary/aromatic N) is 8. The standard InChI is InChI=1S/C13H18F2N4O3.C13H18N4O4/c1-2-9-7-22-12(21)19(9)11(20)10(17-18-16)8-3-5-13(14,15)6-4-8;1-2-9-7-21-13(20)17(9)12(19)11(15-16-14)8-3-5-10(18)6-4-8/h8-10H,2-7H2,1H3;8-9,11H,2-7H2,1H3/t9-,10-;9-,11-/m00/s1. The highest BCUT2D eigenvalue weighted by molar-refractivity contribution is 5.97. The third-order valence-electron chi connectivity index (χ3n) is 8.44. The molecule has 17 heteroatoms. The van der Waals surface area contributed by atoms with Crippen LogP contribution in [0.5, 0.6) is 0 Å². The SMILES string of the molecule is CC[C@H]1COC(=O)N1C(=O)[C@@H](N=[N+]=[N-])C1CCC(=O)CC1.CC[C@H]1COC(=O)N1C(=O)[C@@H](N=[N+]=[N-])C1CCC(F)(F)CC1. The minimum Gasteiger partial charge on any atom is -0.447 e. The van der Waals surface area contributed by atoms with E-state index in [2.05, 4.69) is 20.1 Å². The van der Waals surface area contributed by atoms with Crippen LogP contribution in [0, 0.1) is 11.8 Å². The number of ether oxygens (including phenoxy) is 2. The van der Waals surface area contributed by atoms with Crippen LogP contribution in [0.1, 0.15) is 78.1 Å². The Hall–Kier alpha value is -3.97. The number of Topliss-reactive ketones (excluding diaryl/α,β-unsaturated/α-hetero) is 1. The Morgan fingerprint density at radius 1 is 0.837 bits per heavy atom. The minimum absolute atomic E-state index is 0.0854. The molecule has 0 unspecified atom stereocenters. The summed E-state index contributed by atoms with van der Waals surface area (Å²) >= 11 is 0. The molecule has 0 aromatic rings. The van der Waals surface area contributed by atoms with Gasteiger partial charge in [-0.2, -0.15) is 0 Å². The molecule has 236 valence electrons. The van der Waals surface area contributed by atoms with Gasteiger partial charge >= 0.3 is 12.2 Å². The monoisotopic (exact) mass is 610 g/mol. The second-order valence-corrected chi connectivity index (χ2v) is 11.1. The number of azide groups is 2. The van der Waals surface area contributed by atoms with Gasteiger partial charge in [-0.1, -0.05) is 24.1 Å². The number of alkyl halides is 2. The van der Waals surface area contributed by atoms with E-state index >= 15 is 0 Å². The first-order valence-corrected chi connectivity index (χ1v) is 14.4. The zero-order valence-electron chi connectivity index (χ0n) is 24.1. The van der Waals surface area contributed by atoms with Gasteiger partial charge in [-0.05, 0) is 61.4 Å². The highest BCUT2D eigenvalue weighted by Crippen LogP contribution is 2.39. The molecule has 0 aromatic carbocycles. The van der Waals surface area contributed by atoms with E-state index in [0.29, 0.717) is 38.5 Å². The Labute approximate surface area is 246 Å². The fraction of sp³-hybridized carbons (Fsp3) is 0.808. The van der Waals surface area contributed by atoms with E-state index < -0.39 is 54.0 Å². The van der Waals surface area contributed by atoms with Gasteiger partial charge < -0.3 is 9.47 Å². The number of hydrogen-bond donors (Lipinski definition) is 0. The summed E-state index contributed by atoms with van der Waals surface area (Å²) in [7, 11) is 0. The number of imide groups is 2. The second-order valence-electron chi connectivity index (χ2n) is 11.1. The molecule has 2 aliphatic heterocycles. The quantitative estimate of drug-likeness (QED) is 0.197. The molecule has 43 heavy (non-hydrogen) atoms. The van der Waals surface area contributed by atoms with E-state index in [-0.39, 0.29) is 56.6 Å². The van der Waals surface area contributed by atoms with Crippen LogP contribution in [-0.2, 0) is 23.9 Å². The molecule has 0 N–H and O–H groups in total. The van der Waals surface area contributed by atoms with Crippen LogP contribution in [0.4, 0.5) is 18.4 Å². The van der Waals surface area contributed by atoms with Gasteiger partial charge in [0.1, 0.15) is 31.1 Å². The first kappa shape index (κ1) is 33.5. The summed E-state index contributed by atoms with van der Waals surface area (Å²) < 4.78 is 36.2. The van der Waals surface area contributed by atoms with Crippen LogP contribution in [0.2, 0.25) is 0 Å². The molecular weight excluding hydrogens is 574 g/mol. The van der Waals surface area contributed by atoms with Crippen molar-refractivity contribution in [3.63, 3.8) is 0 Å². The Bertz CT molecular complexity index is 1170. The summed E-state index contributed by atoms with van der Waals surface area (Å²) in [6.07, 6.45) is 0.925. The molecular formula is C26H36F2N8O7. The zero-order valence-corrected chi connectivity index (χ0v) is 24.1. The lowest BCUT2D eigenvalue weighted by molar-refractivity contribution is -0.133. The van der Waals surface area contributed by atoms with E-state index in [1.165, 1.54) is 0 Å². The van der Waals surface area contributed by atoms with Gasteiger partial charge in [0.2, 0.25) is 17.7 Å². The summed E-state index contributed by atoms with van der Waals surface area (Å²) in [6, 6.07) is -2.79. The number of cyclic esters (lactones) is 2. The second kappa shape index (κ2) is 15.0. The molecule has 2 heterocycles. The number of carbonyl (C=O) groups is 5. The van der Waals surface area contributed by atoms with Gasteiger partial charge in [0.05, 0.1) is 12.1 Å². The lowest BCUT2D eigenvalue weighted by atomic mass is 9.81. The van der Waals surface area contributed by atoms with E-state index in [1.54, 1.807) is 6.92 Å². The predicted molar refractivity (Wildman–Crippen MR) is 144 cm³/mol. The Morgan fingerprint density at radius 3 is 1.60 bits per heavy atom. The van der Waals surface area contributed by atoms with E-state index in [4.69, 9.17) is 20.5 Å². The molecule has 4 atom stereocenters. The molecule has 4 fully saturated rings. The van der Waals surface area contributed by atoms with Crippen molar-refractivity contribution in [3.8, 4) is 0 Å². The number of carbonyl (C=O) groups excluding carboxylic acids is 5. The molecule has 4 aliphatic rings. The highest BCUT2D eigenvalue weighted by atomic mass is 19.3. The van der Waals surface area contributed by atoms with Gasteiger partial charge in [0.15, 0.2) is 0 Å². The summed E-state index contributed by atoms with van der Waals surface area (Å²) in [5, 5.41) is 7.07. The first-order chi connectivity index (χ1) is 20.5. The van der Waals surface area contributed by atoms with Crippen LogP contribution >= 0.6 is 0 Å². The molecule has 2 aliphatic carbocycles. The third-order valence-corrected chi connectivity index (χ3v) is 8.44. The van der Waals surface area contributed by atoms with Crippen LogP contribution in [-0.4, -0.2) is 82.9 Å². The minimum atomic E-state index is -2.74. The number of rotatable bonds is 8. The molecule has 0 aromatic heterocycles. The maximum atomic E-state index is 13.2. The third kappa shape index (κ3) is 8.11. The lowest BCUT2D eigenvalue weighted by Gasteiger charge is -2.32. The summed E-state index contributed by atoms with van der Waals surface area (Å²) in [6.45, 7) is 3.94. The summed E-state index contributed by atoms with van der Waals surface area (Å²) in [5.41, 5.74) is 17.4. The van der Waals surface area contributed by atoms with Crippen molar-refractivity contribution >= 4 is 29.8 Å². The maximum absolute atomic E-state index is 13.2. The van der Waals surface area contributed by atoms with Crippen molar-refractivity contribution in [2.24, 2.45) is 22.1 Å². The largest absolute Gasteiger partial charge is 0.447 e. The number of amides is 4. The highest BCUT2D eigenvalue weighted by Gasteiger charge is 2.45. The fourth-order valence-electron chi connectivity index (χ4n) is 5.80. The molecule has 2 saturated heterocycles. The Morgan fingerprint density at radius 2 is 1.23 bits per heavy atom. The molecule has 15 nitrogen and oxygen atoms in total. The average molecular weight is 611 g/mol. The van der Waals surface area contributed by atoms with Crippen LogP contribution < -0.4 is 0 Å². The van der Waals surface area contributed by atoms with Crippen LogP contribution in [0.3, 0.4) is 0 Å². The zero-order chi connectivity index (χ0) is 31.7. The van der Waals surface area contributed by atoms with Crippen molar-refractivity contribution in [2.45, 2.75) is 108 Å². The van der Waals surface area contributed by atoms with E-state index in [9.17, 15) is 32.8 Å². The Balaban J connectivity index is 0.000000236. The van der Waals surface area contributed by atoms with Crippen molar-refractivity contribution in [1.29, 1.82) is 0 Å². The molecule has 4 rings (SSSR count). The van der Waals surface area contributed by atoms with Crippen molar-refractivity contribution in [3.05, 3.63) is 20.9 Å². The van der Waals surface area contributed by atoms with Gasteiger partial charge in [-0.3, -0.25) is 14.4 Å². The Kier molecular flexibility index (Phi) is 11.7. The van der Waals surface area contributed by atoms with Gasteiger partial charge in [0.25, 0.3) is 0 Å². The first-order valence-electron chi connectivity index (χ1n) is 14.4. The van der Waals surface area contributed by atoms with E-state index in [0.717, 1.165) is 9.80 Å². The number of halogens is 2. The summed E-state index contributed by atoms with van der Waals surface area (Å²) in [4.78, 5) is 67.3. The molecule has 0 radical (unpaired) electrons. The summed E-state index contributed by atoms with van der Waals surface area (Å²) in [5.74, 6) is -4.42. The van der Waals surface area contributed by atoms with Gasteiger partial charge in [-0.15, -0.1) is 0 Å². The van der Waals surface area contributed by atoms with Crippen LogP contribution in [0.25, 0.3) is 20.9 Å². The van der Waals surface area contributed by atoms with E-state index in [1.807, 2.05) is 6.92 Å². The smallest absolute Gasteiger partial charge is 0.416 e. The van der Waals surface area contributed by atoms with Gasteiger partial charge in [0, 0.05) is 35.5 Å². The molecule has 4 amide bonds. The lowest BCUT2D eigenvalue weighted by Crippen LogP contribution is -2.47. The number of ketones is 1. The van der Waals surface area contributed by atoms with Crippen molar-refractivity contribution in [2.75, 3.05) is 13.2 Å². The molecule has 0 bridgehead atoms. The maximum Gasteiger partial charge on any atom is 0.416 e. The van der Waals surface area contributed by atoms with Crippen molar-refractivity contribution in [1.82, 2.24) is 9.80 Å². The van der Waals surface area contributed by atoms with Crippen molar-refractivity contribution < 1.29 is 42.2 Å². The van der Waals surface area contributed by atoms with Crippen LogP contribution in [0.15, 0.2) is 10.2 Å². The molecule has 2 saturated carbocycles. The fourth-order valence-corrected chi connectivity index (χ4v) is 5.80. The number of hydrogen-bond acceptors (Lipinski definition) is 9. The topological polar surface area (TPSA) is 208 Å². The normalized spacial score (nSPS) is 25.3. The predicted octanol–water partition coefficient (Wildman–Crippen LogP) is 5.43. The molecule has 0 spiro atoms.